The van der Waals surface area contributed by atoms with E-state index in [1.807, 2.05) is 23.1 Å². The van der Waals surface area contributed by atoms with Crippen molar-refractivity contribution >= 4 is 39.1 Å². The lowest BCUT2D eigenvalue weighted by Gasteiger charge is -2.31. The number of aryl methyl sites for hydroxylation is 1. The molecule has 0 spiro atoms. The van der Waals surface area contributed by atoms with Crippen LogP contribution in [0.5, 0.6) is 0 Å². The highest BCUT2D eigenvalue weighted by Gasteiger charge is 2.25. The van der Waals surface area contributed by atoms with Gasteiger partial charge in [0.1, 0.15) is 5.82 Å². The Labute approximate surface area is 166 Å². The minimum Gasteiger partial charge on any atom is -0.343 e. The number of fused-ring (bicyclic) bond motifs is 1. The molecule has 1 aliphatic heterocycles. The average molecular weight is 403 g/mol. The van der Waals surface area contributed by atoms with E-state index in [-0.39, 0.29) is 11.7 Å². The summed E-state index contributed by atoms with van der Waals surface area (Å²) in [6, 6.07) is 12.2. The van der Waals surface area contributed by atoms with Gasteiger partial charge in [-0.25, -0.2) is 9.37 Å². The molecule has 6 heteroatoms. The SMILES string of the molecule is O=C(CCc1ccc(F)cc1)N1CCC(c2nc3cc(Cl)ccc3s2)CC1. The Bertz CT molecular complexity index is 948. The first kappa shape index (κ1) is 18.4. The average Bonchev–Trinajstić information content (AvgIpc) is 3.10. The zero-order valence-electron chi connectivity index (χ0n) is 14.8. The van der Waals surface area contributed by atoms with Crippen molar-refractivity contribution in [3.8, 4) is 0 Å². The molecular formula is C21H20ClFN2OS. The van der Waals surface area contributed by atoms with Gasteiger partial charge in [-0.05, 0) is 55.2 Å². The molecule has 2 aromatic carbocycles. The first-order chi connectivity index (χ1) is 13.1. The highest BCUT2D eigenvalue weighted by molar-refractivity contribution is 7.18. The molecule has 1 aliphatic rings. The lowest BCUT2D eigenvalue weighted by atomic mass is 9.97. The van der Waals surface area contributed by atoms with Crippen molar-refractivity contribution in [1.29, 1.82) is 0 Å². The van der Waals surface area contributed by atoms with E-state index in [4.69, 9.17) is 16.6 Å². The molecule has 1 fully saturated rings. The van der Waals surface area contributed by atoms with Gasteiger partial charge in [0.25, 0.3) is 0 Å². The second kappa shape index (κ2) is 7.95. The Balaban J connectivity index is 1.32. The number of carbonyl (C=O) groups is 1. The topological polar surface area (TPSA) is 33.2 Å². The van der Waals surface area contributed by atoms with Crippen LogP contribution >= 0.6 is 22.9 Å². The van der Waals surface area contributed by atoms with Gasteiger partial charge in [0, 0.05) is 30.5 Å². The first-order valence-corrected chi connectivity index (χ1v) is 10.4. The van der Waals surface area contributed by atoms with Crippen LogP contribution in [0.4, 0.5) is 4.39 Å². The zero-order valence-corrected chi connectivity index (χ0v) is 16.4. The summed E-state index contributed by atoms with van der Waals surface area (Å²) in [5.41, 5.74) is 1.95. The van der Waals surface area contributed by atoms with Gasteiger partial charge in [0.05, 0.1) is 15.2 Å². The third-order valence-corrected chi connectivity index (χ3v) is 6.54. The Morgan fingerprint density at radius 1 is 1.19 bits per heavy atom. The van der Waals surface area contributed by atoms with Crippen LogP contribution in [0.25, 0.3) is 10.2 Å². The number of halogens is 2. The molecule has 0 unspecified atom stereocenters. The van der Waals surface area contributed by atoms with E-state index in [2.05, 4.69) is 0 Å². The molecule has 2 heterocycles. The van der Waals surface area contributed by atoms with Crippen molar-refractivity contribution in [2.75, 3.05) is 13.1 Å². The maximum absolute atomic E-state index is 13.0. The van der Waals surface area contributed by atoms with Crippen LogP contribution < -0.4 is 0 Å². The van der Waals surface area contributed by atoms with E-state index >= 15 is 0 Å². The van der Waals surface area contributed by atoms with Crippen LogP contribution in [0.15, 0.2) is 42.5 Å². The third kappa shape index (κ3) is 4.30. The molecule has 0 N–H and O–H groups in total. The van der Waals surface area contributed by atoms with Gasteiger partial charge >= 0.3 is 0 Å². The summed E-state index contributed by atoms with van der Waals surface area (Å²) in [5.74, 6) is 0.334. The molecule has 0 radical (unpaired) electrons. The Hall–Kier alpha value is -1.98. The Morgan fingerprint density at radius 2 is 1.93 bits per heavy atom. The van der Waals surface area contributed by atoms with Crippen LogP contribution in [0.2, 0.25) is 5.02 Å². The minimum atomic E-state index is -0.246. The van der Waals surface area contributed by atoms with Gasteiger partial charge in [0.15, 0.2) is 0 Å². The van der Waals surface area contributed by atoms with Gasteiger partial charge in [-0.3, -0.25) is 4.79 Å². The van der Waals surface area contributed by atoms with Crippen LogP contribution in [0, 0.1) is 5.82 Å². The smallest absolute Gasteiger partial charge is 0.222 e. The van der Waals surface area contributed by atoms with E-state index in [1.165, 1.54) is 12.1 Å². The lowest BCUT2D eigenvalue weighted by Crippen LogP contribution is -2.38. The summed E-state index contributed by atoms with van der Waals surface area (Å²) >= 11 is 7.78. The highest BCUT2D eigenvalue weighted by Crippen LogP contribution is 2.34. The molecule has 0 aliphatic carbocycles. The molecule has 1 amide bonds. The van der Waals surface area contributed by atoms with Crippen molar-refractivity contribution in [3.63, 3.8) is 0 Å². The highest BCUT2D eigenvalue weighted by atomic mass is 35.5. The van der Waals surface area contributed by atoms with Crippen molar-refractivity contribution < 1.29 is 9.18 Å². The standard InChI is InChI=1S/C21H20ClFN2OS/c22-16-4-7-19-18(13-16)24-21(27-19)15-9-11-25(12-10-15)20(26)8-3-14-1-5-17(23)6-2-14/h1-2,4-7,13,15H,3,8-12H2. The van der Waals surface area contributed by atoms with Gasteiger partial charge in [-0.1, -0.05) is 23.7 Å². The maximum Gasteiger partial charge on any atom is 0.222 e. The fourth-order valence-corrected chi connectivity index (χ4v) is 4.81. The summed E-state index contributed by atoms with van der Waals surface area (Å²) in [6.45, 7) is 1.53. The number of amides is 1. The predicted molar refractivity (Wildman–Crippen MR) is 108 cm³/mol. The number of rotatable bonds is 4. The Kier molecular flexibility index (Phi) is 5.41. The van der Waals surface area contributed by atoms with Gasteiger partial charge in [0.2, 0.25) is 5.91 Å². The molecular weight excluding hydrogens is 383 g/mol. The van der Waals surface area contributed by atoms with Crippen LogP contribution in [-0.4, -0.2) is 28.9 Å². The van der Waals surface area contributed by atoms with E-state index in [0.717, 1.165) is 46.7 Å². The molecule has 27 heavy (non-hydrogen) atoms. The van der Waals surface area contributed by atoms with Crippen molar-refractivity contribution in [1.82, 2.24) is 9.88 Å². The number of piperidine rings is 1. The number of hydrogen-bond donors (Lipinski definition) is 0. The molecule has 0 bridgehead atoms. The molecule has 3 aromatic rings. The fourth-order valence-electron chi connectivity index (χ4n) is 3.53. The van der Waals surface area contributed by atoms with Crippen LogP contribution in [0.3, 0.4) is 0 Å². The van der Waals surface area contributed by atoms with E-state index in [9.17, 15) is 9.18 Å². The van der Waals surface area contributed by atoms with E-state index in [0.29, 0.717) is 23.8 Å². The quantitative estimate of drug-likeness (QED) is 0.583. The number of carbonyl (C=O) groups excluding carboxylic acids is 1. The van der Waals surface area contributed by atoms with Crippen molar-refractivity contribution in [2.24, 2.45) is 0 Å². The zero-order chi connectivity index (χ0) is 18.8. The van der Waals surface area contributed by atoms with Gasteiger partial charge < -0.3 is 4.90 Å². The normalized spacial score (nSPS) is 15.4. The second-order valence-electron chi connectivity index (χ2n) is 6.95. The summed E-state index contributed by atoms with van der Waals surface area (Å²) < 4.78 is 14.1. The monoisotopic (exact) mass is 402 g/mol. The number of aromatic nitrogens is 1. The third-order valence-electron chi connectivity index (χ3n) is 5.10. The number of hydrogen-bond acceptors (Lipinski definition) is 3. The van der Waals surface area contributed by atoms with Gasteiger partial charge in [-0.2, -0.15) is 0 Å². The number of nitrogens with zero attached hydrogens (tertiary/aromatic N) is 2. The van der Waals surface area contributed by atoms with Crippen LogP contribution in [0.1, 0.15) is 35.8 Å². The largest absolute Gasteiger partial charge is 0.343 e. The summed E-state index contributed by atoms with van der Waals surface area (Å²) in [5, 5.41) is 1.85. The minimum absolute atomic E-state index is 0.175. The first-order valence-electron chi connectivity index (χ1n) is 9.17. The van der Waals surface area contributed by atoms with Crippen molar-refractivity contribution in [2.45, 2.75) is 31.6 Å². The second-order valence-corrected chi connectivity index (χ2v) is 8.44. The molecule has 1 saturated heterocycles. The molecule has 0 atom stereocenters. The van der Waals surface area contributed by atoms with Gasteiger partial charge in [-0.15, -0.1) is 11.3 Å². The van der Waals surface area contributed by atoms with E-state index < -0.39 is 0 Å². The molecule has 3 nitrogen and oxygen atoms in total. The number of benzene rings is 2. The molecule has 1 aromatic heterocycles. The summed E-state index contributed by atoms with van der Waals surface area (Å²) in [7, 11) is 0. The predicted octanol–water partition coefficient (Wildman–Crippen LogP) is 5.43. The number of thiazole rings is 1. The molecule has 4 rings (SSSR count). The number of likely N-dealkylation sites (tertiary alicyclic amines) is 1. The molecule has 0 saturated carbocycles. The maximum atomic E-state index is 13.0. The Morgan fingerprint density at radius 3 is 2.67 bits per heavy atom. The lowest BCUT2D eigenvalue weighted by molar-refractivity contribution is -0.132. The molecule has 140 valence electrons. The fraction of sp³-hybridized carbons (Fsp3) is 0.333. The summed E-state index contributed by atoms with van der Waals surface area (Å²) in [6.07, 6.45) is 3.00. The van der Waals surface area contributed by atoms with Crippen LogP contribution in [-0.2, 0) is 11.2 Å². The van der Waals surface area contributed by atoms with Crippen molar-refractivity contribution in [3.05, 3.63) is 63.9 Å². The summed E-state index contributed by atoms with van der Waals surface area (Å²) in [4.78, 5) is 19.2. The van der Waals surface area contributed by atoms with E-state index in [1.54, 1.807) is 23.5 Å².